The van der Waals surface area contributed by atoms with Crippen LogP contribution in [-0.2, 0) is 28.8 Å². The second-order valence-electron chi connectivity index (χ2n) is 11.8. The highest BCUT2D eigenvalue weighted by Crippen LogP contribution is 2.61. The molecule has 1 aromatic rings. The number of hydrogen-bond acceptors (Lipinski definition) is 2. The SMILES string of the molecule is CC(=O)O[C@H]1CCc2c(ccc3c2CC[C@@]2(C)[C@@H]3CC[C@H]2[C@H](C)CC[C@H](C)C(C)C)C1. The Kier molecular flexibility index (Phi) is 6.57. The summed E-state index contributed by atoms with van der Waals surface area (Å²) in [7, 11) is 0. The molecule has 1 saturated carbocycles. The van der Waals surface area contributed by atoms with Crippen molar-refractivity contribution in [3.8, 4) is 0 Å². The highest BCUT2D eigenvalue weighted by molar-refractivity contribution is 5.66. The summed E-state index contributed by atoms with van der Waals surface area (Å²) >= 11 is 0. The first-order valence-electron chi connectivity index (χ1n) is 13.0. The van der Waals surface area contributed by atoms with Crippen molar-refractivity contribution in [2.75, 3.05) is 0 Å². The molecule has 0 N–H and O–H groups in total. The maximum atomic E-state index is 11.4. The van der Waals surface area contributed by atoms with Gasteiger partial charge >= 0.3 is 5.97 Å². The summed E-state index contributed by atoms with van der Waals surface area (Å²) in [6, 6.07) is 4.83. The molecule has 31 heavy (non-hydrogen) atoms. The smallest absolute Gasteiger partial charge is 0.302 e. The molecule has 3 aliphatic rings. The number of hydrogen-bond donors (Lipinski definition) is 0. The van der Waals surface area contributed by atoms with Gasteiger partial charge in [0.25, 0.3) is 0 Å². The van der Waals surface area contributed by atoms with E-state index in [1.165, 1.54) is 51.0 Å². The van der Waals surface area contributed by atoms with Crippen molar-refractivity contribution in [3.63, 3.8) is 0 Å². The number of ether oxygens (including phenoxy) is 1. The van der Waals surface area contributed by atoms with Gasteiger partial charge in [-0.25, -0.2) is 0 Å². The Morgan fingerprint density at radius 3 is 2.55 bits per heavy atom. The second kappa shape index (κ2) is 8.91. The number of esters is 1. The first kappa shape index (κ1) is 22.9. The molecule has 0 amide bonds. The number of carbonyl (C=O) groups excluding carboxylic acids is 1. The molecule has 4 rings (SSSR count). The van der Waals surface area contributed by atoms with E-state index in [9.17, 15) is 4.79 Å². The molecule has 172 valence electrons. The van der Waals surface area contributed by atoms with Crippen LogP contribution in [0.1, 0.15) is 108 Å². The molecule has 2 heteroatoms. The minimum absolute atomic E-state index is 0.0712. The molecule has 0 saturated heterocycles. The van der Waals surface area contributed by atoms with Gasteiger partial charge in [0.1, 0.15) is 6.10 Å². The van der Waals surface area contributed by atoms with Gasteiger partial charge in [-0.05, 0) is 95.8 Å². The van der Waals surface area contributed by atoms with E-state index < -0.39 is 0 Å². The first-order chi connectivity index (χ1) is 14.7. The highest BCUT2D eigenvalue weighted by Gasteiger charge is 2.51. The van der Waals surface area contributed by atoms with E-state index in [4.69, 9.17) is 4.74 Å². The molecule has 1 aromatic carbocycles. The molecule has 0 aromatic heterocycles. The van der Waals surface area contributed by atoms with Gasteiger partial charge in [-0.15, -0.1) is 0 Å². The van der Waals surface area contributed by atoms with Crippen LogP contribution in [-0.4, -0.2) is 12.1 Å². The third kappa shape index (κ3) is 4.33. The third-order valence-electron chi connectivity index (χ3n) is 9.66. The van der Waals surface area contributed by atoms with Crippen LogP contribution in [0.2, 0.25) is 0 Å². The van der Waals surface area contributed by atoms with Crippen LogP contribution in [0.25, 0.3) is 0 Å². The van der Waals surface area contributed by atoms with Crippen LogP contribution in [0.3, 0.4) is 0 Å². The van der Waals surface area contributed by atoms with Crippen molar-refractivity contribution < 1.29 is 9.53 Å². The molecular weight excluding hydrogens is 380 g/mol. The van der Waals surface area contributed by atoms with Gasteiger partial charge in [0.15, 0.2) is 0 Å². The zero-order chi connectivity index (χ0) is 22.3. The maximum absolute atomic E-state index is 11.4. The average molecular weight is 425 g/mol. The maximum Gasteiger partial charge on any atom is 0.302 e. The summed E-state index contributed by atoms with van der Waals surface area (Å²) in [5, 5.41) is 0. The van der Waals surface area contributed by atoms with Gasteiger partial charge in [0, 0.05) is 13.3 Å². The summed E-state index contributed by atoms with van der Waals surface area (Å²) in [6.45, 7) is 13.9. The number of fused-ring (bicyclic) bond motifs is 5. The Morgan fingerprint density at radius 1 is 1.06 bits per heavy atom. The van der Waals surface area contributed by atoms with Gasteiger partial charge in [-0.1, -0.05) is 59.6 Å². The lowest BCUT2D eigenvalue weighted by atomic mass is 9.59. The molecule has 0 bridgehead atoms. The topological polar surface area (TPSA) is 26.3 Å². The van der Waals surface area contributed by atoms with Crippen molar-refractivity contribution in [2.45, 2.75) is 111 Å². The van der Waals surface area contributed by atoms with Gasteiger partial charge < -0.3 is 4.74 Å². The second-order valence-corrected chi connectivity index (χ2v) is 11.8. The molecule has 0 heterocycles. The molecular formula is C29H44O2. The number of carbonyl (C=O) groups is 1. The number of benzene rings is 1. The summed E-state index contributed by atoms with van der Waals surface area (Å²) in [6.07, 6.45) is 11.2. The van der Waals surface area contributed by atoms with Crippen molar-refractivity contribution >= 4 is 5.97 Å². The predicted octanol–water partition coefficient (Wildman–Crippen LogP) is 7.26. The van der Waals surface area contributed by atoms with Crippen LogP contribution in [0.5, 0.6) is 0 Å². The molecule has 0 spiro atoms. The minimum Gasteiger partial charge on any atom is -0.462 e. The zero-order valence-corrected chi connectivity index (χ0v) is 20.8. The van der Waals surface area contributed by atoms with Crippen molar-refractivity contribution in [3.05, 3.63) is 34.4 Å². The van der Waals surface area contributed by atoms with Gasteiger partial charge in [0.2, 0.25) is 0 Å². The van der Waals surface area contributed by atoms with Crippen LogP contribution in [0.15, 0.2) is 12.1 Å². The Hall–Kier alpha value is -1.31. The van der Waals surface area contributed by atoms with E-state index in [0.717, 1.165) is 48.9 Å². The third-order valence-corrected chi connectivity index (χ3v) is 9.66. The standard InChI is InChI=1S/C29H44O2/c1-18(2)19(3)7-8-20(4)27-13-14-28-26-11-9-22-17-23(31-21(5)30)10-12-24(22)25(26)15-16-29(27,28)6/h9,11,18-20,23,27-28H,7-8,10,12-17H2,1-6H3/t19-,20+,23-,27-,28+,29+/m0/s1. The van der Waals surface area contributed by atoms with Crippen molar-refractivity contribution in [2.24, 2.45) is 29.1 Å². The highest BCUT2D eigenvalue weighted by atomic mass is 16.5. The summed E-state index contributed by atoms with van der Waals surface area (Å²) < 4.78 is 5.53. The van der Waals surface area contributed by atoms with Gasteiger partial charge in [-0.2, -0.15) is 0 Å². The summed E-state index contributed by atoms with van der Waals surface area (Å²) in [4.78, 5) is 11.4. The van der Waals surface area contributed by atoms with Crippen LogP contribution >= 0.6 is 0 Å². The lowest BCUT2D eigenvalue weighted by molar-refractivity contribution is -0.146. The molecule has 0 aliphatic heterocycles. The van der Waals surface area contributed by atoms with Crippen LogP contribution < -0.4 is 0 Å². The normalized spacial score (nSPS) is 31.5. The van der Waals surface area contributed by atoms with E-state index in [2.05, 4.69) is 46.8 Å². The molecule has 3 aliphatic carbocycles. The van der Waals surface area contributed by atoms with Crippen molar-refractivity contribution in [1.82, 2.24) is 0 Å². The van der Waals surface area contributed by atoms with E-state index in [1.54, 1.807) is 16.7 Å². The Morgan fingerprint density at radius 2 is 1.84 bits per heavy atom. The fraction of sp³-hybridized carbons (Fsp3) is 0.759. The zero-order valence-electron chi connectivity index (χ0n) is 20.8. The molecule has 6 atom stereocenters. The lowest BCUT2D eigenvalue weighted by Crippen LogP contribution is -2.36. The first-order valence-corrected chi connectivity index (χ1v) is 13.0. The minimum atomic E-state index is -0.143. The summed E-state index contributed by atoms with van der Waals surface area (Å²) in [5.74, 6) is 3.93. The monoisotopic (exact) mass is 424 g/mol. The molecule has 0 unspecified atom stereocenters. The Labute approximate surface area is 190 Å². The molecule has 0 radical (unpaired) electrons. The molecule has 2 nitrogen and oxygen atoms in total. The van der Waals surface area contributed by atoms with E-state index in [1.807, 2.05) is 0 Å². The van der Waals surface area contributed by atoms with Gasteiger partial charge in [0.05, 0.1) is 0 Å². The predicted molar refractivity (Wildman–Crippen MR) is 128 cm³/mol. The van der Waals surface area contributed by atoms with Crippen LogP contribution in [0.4, 0.5) is 0 Å². The Bertz CT molecular complexity index is 809. The van der Waals surface area contributed by atoms with Crippen LogP contribution in [0, 0.1) is 29.1 Å². The van der Waals surface area contributed by atoms with Gasteiger partial charge in [-0.3, -0.25) is 4.79 Å². The van der Waals surface area contributed by atoms with Crippen molar-refractivity contribution in [1.29, 1.82) is 0 Å². The Balaban J connectivity index is 1.51. The largest absolute Gasteiger partial charge is 0.462 e. The molecule has 1 fully saturated rings. The lowest BCUT2D eigenvalue weighted by Gasteiger charge is -2.45. The van der Waals surface area contributed by atoms with E-state index >= 15 is 0 Å². The van der Waals surface area contributed by atoms with E-state index in [-0.39, 0.29) is 12.1 Å². The average Bonchev–Trinajstić information content (AvgIpc) is 3.08. The quantitative estimate of drug-likeness (QED) is 0.449. The van der Waals surface area contributed by atoms with E-state index in [0.29, 0.717) is 5.41 Å². The summed E-state index contributed by atoms with van der Waals surface area (Å²) in [5.41, 5.74) is 6.85. The fourth-order valence-corrected chi connectivity index (χ4v) is 7.40. The number of rotatable bonds is 6. The fourth-order valence-electron chi connectivity index (χ4n) is 7.40.